The summed E-state index contributed by atoms with van der Waals surface area (Å²) in [7, 11) is 0. The molecule has 0 aliphatic rings. The number of pyridine rings is 1. The molecular formula is C8H8F2N6. The number of nitrogen functional groups attached to an aromatic ring is 3. The molecule has 6 N–H and O–H groups in total. The van der Waals surface area contributed by atoms with Crippen LogP contribution in [0.15, 0.2) is 12.4 Å². The van der Waals surface area contributed by atoms with Crippen molar-refractivity contribution in [1.82, 2.24) is 14.8 Å². The van der Waals surface area contributed by atoms with E-state index < -0.39 is 17.3 Å². The highest BCUT2D eigenvalue weighted by molar-refractivity contribution is 5.61. The SMILES string of the molecule is Nc1cnn(-c2ncc(F)c(N)c2F)c1N. The summed E-state index contributed by atoms with van der Waals surface area (Å²) in [5, 5.41) is 3.70. The van der Waals surface area contributed by atoms with Crippen LogP contribution in [-0.2, 0) is 0 Å². The summed E-state index contributed by atoms with van der Waals surface area (Å²) >= 11 is 0. The lowest BCUT2D eigenvalue weighted by Gasteiger charge is -2.06. The van der Waals surface area contributed by atoms with Crippen LogP contribution in [0, 0.1) is 11.6 Å². The maximum atomic E-state index is 13.6. The van der Waals surface area contributed by atoms with Gasteiger partial charge in [-0.05, 0) is 0 Å². The average Bonchev–Trinajstić information content (AvgIpc) is 2.58. The van der Waals surface area contributed by atoms with Gasteiger partial charge in [-0.15, -0.1) is 0 Å². The Labute approximate surface area is 88.7 Å². The monoisotopic (exact) mass is 226 g/mol. The summed E-state index contributed by atoms with van der Waals surface area (Å²) in [6.45, 7) is 0. The van der Waals surface area contributed by atoms with Crippen molar-refractivity contribution in [3.05, 3.63) is 24.0 Å². The van der Waals surface area contributed by atoms with Gasteiger partial charge in [0.2, 0.25) is 0 Å². The van der Waals surface area contributed by atoms with E-state index >= 15 is 0 Å². The van der Waals surface area contributed by atoms with Crippen LogP contribution in [0.3, 0.4) is 0 Å². The highest BCUT2D eigenvalue weighted by atomic mass is 19.1. The highest BCUT2D eigenvalue weighted by Crippen LogP contribution is 2.23. The minimum atomic E-state index is -1.03. The molecule has 0 bridgehead atoms. The van der Waals surface area contributed by atoms with Gasteiger partial charge in [0.05, 0.1) is 18.1 Å². The van der Waals surface area contributed by atoms with Gasteiger partial charge in [0.15, 0.2) is 23.3 Å². The van der Waals surface area contributed by atoms with Crippen molar-refractivity contribution in [2.24, 2.45) is 0 Å². The number of nitrogens with zero attached hydrogens (tertiary/aromatic N) is 3. The molecule has 0 aliphatic heterocycles. The Morgan fingerprint density at radius 1 is 1.12 bits per heavy atom. The van der Waals surface area contributed by atoms with E-state index in [0.717, 1.165) is 10.9 Å². The van der Waals surface area contributed by atoms with Gasteiger partial charge < -0.3 is 17.2 Å². The van der Waals surface area contributed by atoms with Crippen molar-refractivity contribution < 1.29 is 8.78 Å². The van der Waals surface area contributed by atoms with Crippen molar-refractivity contribution in [1.29, 1.82) is 0 Å². The first-order valence-electron chi connectivity index (χ1n) is 4.21. The Morgan fingerprint density at radius 2 is 1.81 bits per heavy atom. The lowest BCUT2D eigenvalue weighted by Crippen LogP contribution is -2.10. The van der Waals surface area contributed by atoms with Gasteiger partial charge in [0.1, 0.15) is 5.69 Å². The van der Waals surface area contributed by atoms with Crippen molar-refractivity contribution in [3.8, 4) is 5.82 Å². The van der Waals surface area contributed by atoms with Gasteiger partial charge in [-0.25, -0.2) is 13.8 Å². The second-order valence-corrected chi connectivity index (χ2v) is 3.05. The van der Waals surface area contributed by atoms with E-state index in [-0.39, 0.29) is 17.3 Å². The second-order valence-electron chi connectivity index (χ2n) is 3.05. The van der Waals surface area contributed by atoms with Crippen molar-refractivity contribution in [2.45, 2.75) is 0 Å². The molecule has 0 saturated heterocycles. The predicted octanol–water partition coefficient (Wildman–Crippen LogP) is 0.292. The van der Waals surface area contributed by atoms with Gasteiger partial charge in [-0.1, -0.05) is 0 Å². The van der Waals surface area contributed by atoms with Crippen LogP contribution >= 0.6 is 0 Å². The number of aromatic nitrogens is 3. The van der Waals surface area contributed by atoms with E-state index in [1.54, 1.807) is 0 Å². The predicted molar refractivity (Wildman–Crippen MR) is 54.5 cm³/mol. The topological polar surface area (TPSA) is 109 Å². The third-order valence-electron chi connectivity index (χ3n) is 2.03. The van der Waals surface area contributed by atoms with Crippen LogP contribution in [0.2, 0.25) is 0 Å². The standard InChI is InChI=1S/C8H8F2N6/c9-3-1-14-8(5(10)6(3)12)16-7(13)4(11)2-15-16/h1-2H,11,13H2,(H2,12,14). The van der Waals surface area contributed by atoms with Gasteiger partial charge in [-0.3, -0.25) is 0 Å². The minimum Gasteiger partial charge on any atom is -0.394 e. The van der Waals surface area contributed by atoms with Gasteiger partial charge in [0, 0.05) is 0 Å². The summed E-state index contributed by atoms with van der Waals surface area (Å²) in [5.41, 5.74) is 15.7. The van der Waals surface area contributed by atoms with Gasteiger partial charge in [0.25, 0.3) is 0 Å². The van der Waals surface area contributed by atoms with Crippen molar-refractivity contribution in [3.63, 3.8) is 0 Å². The van der Waals surface area contributed by atoms with Crippen LogP contribution in [-0.4, -0.2) is 14.8 Å². The third kappa shape index (κ3) is 1.31. The molecular weight excluding hydrogens is 218 g/mol. The van der Waals surface area contributed by atoms with E-state index in [1.165, 1.54) is 6.20 Å². The van der Waals surface area contributed by atoms with E-state index in [9.17, 15) is 8.78 Å². The largest absolute Gasteiger partial charge is 0.394 e. The van der Waals surface area contributed by atoms with Gasteiger partial charge >= 0.3 is 0 Å². The molecule has 0 aromatic carbocycles. The van der Waals surface area contributed by atoms with E-state index in [2.05, 4.69) is 10.1 Å². The first kappa shape index (κ1) is 10.1. The molecule has 0 fully saturated rings. The maximum absolute atomic E-state index is 13.6. The molecule has 2 rings (SSSR count). The summed E-state index contributed by atoms with van der Waals surface area (Å²) in [6.07, 6.45) is 2.01. The molecule has 0 unspecified atom stereocenters. The summed E-state index contributed by atoms with van der Waals surface area (Å²) in [5.74, 6) is -2.26. The van der Waals surface area contributed by atoms with E-state index in [4.69, 9.17) is 17.2 Å². The highest BCUT2D eigenvalue weighted by Gasteiger charge is 2.17. The molecule has 8 heteroatoms. The molecule has 0 radical (unpaired) electrons. The maximum Gasteiger partial charge on any atom is 0.194 e. The van der Waals surface area contributed by atoms with Crippen molar-refractivity contribution >= 4 is 17.2 Å². The Hall–Kier alpha value is -2.38. The first-order valence-corrected chi connectivity index (χ1v) is 4.21. The molecule has 0 atom stereocenters. The smallest absolute Gasteiger partial charge is 0.194 e. The molecule has 6 nitrogen and oxygen atoms in total. The van der Waals surface area contributed by atoms with Crippen molar-refractivity contribution in [2.75, 3.05) is 17.2 Å². The second kappa shape index (κ2) is 3.33. The molecule has 0 amide bonds. The molecule has 2 aromatic rings. The molecule has 2 heterocycles. The quantitative estimate of drug-likeness (QED) is 0.647. The molecule has 0 aliphatic carbocycles. The first-order chi connectivity index (χ1) is 7.52. The lowest BCUT2D eigenvalue weighted by molar-refractivity contribution is 0.569. The molecule has 84 valence electrons. The van der Waals surface area contributed by atoms with E-state index in [1.807, 2.05) is 0 Å². The minimum absolute atomic E-state index is 0.0115. The Bertz CT molecular complexity index is 550. The normalized spacial score (nSPS) is 10.6. The van der Waals surface area contributed by atoms with Crippen LogP contribution in [0.25, 0.3) is 5.82 Å². The molecule has 0 spiro atoms. The molecule has 0 saturated carbocycles. The van der Waals surface area contributed by atoms with E-state index in [0.29, 0.717) is 0 Å². The lowest BCUT2D eigenvalue weighted by atomic mass is 10.3. The number of halogens is 2. The Balaban J connectivity index is 2.66. The fourth-order valence-electron chi connectivity index (χ4n) is 1.16. The summed E-state index contributed by atoms with van der Waals surface area (Å²) < 4.78 is 27.4. The summed E-state index contributed by atoms with van der Waals surface area (Å²) in [6, 6.07) is 0. The fourth-order valence-corrected chi connectivity index (χ4v) is 1.16. The Kier molecular flexibility index (Phi) is 2.11. The zero-order valence-electron chi connectivity index (χ0n) is 7.98. The third-order valence-corrected chi connectivity index (χ3v) is 2.03. The number of hydrogen-bond donors (Lipinski definition) is 3. The average molecular weight is 226 g/mol. The fraction of sp³-hybridized carbons (Fsp3) is 0. The zero-order valence-corrected chi connectivity index (χ0v) is 7.98. The molecule has 2 aromatic heterocycles. The molecule has 16 heavy (non-hydrogen) atoms. The van der Waals surface area contributed by atoms with Crippen LogP contribution in [0.1, 0.15) is 0 Å². The van der Waals surface area contributed by atoms with Crippen LogP contribution < -0.4 is 17.2 Å². The number of nitrogens with two attached hydrogens (primary N) is 3. The number of rotatable bonds is 1. The number of hydrogen-bond acceptors (Lipinski definition) is 5. The zero-order chi connectivity index (χ0) is 11.9. The number of anilines is 3. The Morgan fingerprint density at radius 3 is 2.38 bits per heavy atom. The van der Waals surface area contributed by atoms with Gasteiger partial charge in [-0.2, -0.15) is 9.78 Å². The summed E-state index contributed by atoms with van der Waals surface area (Å²) in [4.78, 5) is 3.52. The van der Waals surface area contributed by atoms with Crippen LogP contribution in [0.5, 0.6) is 0 Å². The van der Waals surface area contributed by atoms with Crippen LogP contribution in [0.4, 0.5) is 26.0 Å².